The topological polar surface area (TPSA) is 52.3 Å². The summed E-state index contributed by atoms with van der Waals surface area (Å²) >= 11 is 0. The molecule has 0 saturated carbocycles. The number of hydrogen-bond acceptors (Lipinski definition) is 2. The van der Waals surface area contributed by atoms with Crippen LogP contribution in [0.25, 0.3) is 0 Å². The van der Waals surface area contributed by atoms with E-state index in [-0.39, 0.29) is 12.0 Å². The highest BCUT2D eigenvalue weighted by Crippen LogP contribution is 2.00. The van der Waals surface area contributed by atoms with Crippen molar-refractivity contribution in [3.8, 4) is 0 Å². The van der Waals surface area contributed by atoms with Crippen molar-refractivity contribution in [3.05, 3.63) is 0 Å². The first-order valence-corrected chi connectivity index (χ1v) is 4.06. The van der Waals surface area contributed by atoms with Crippen molar-refractivity contribution in [2.24, 2.45) is 5.73 Å². The predicted octanol–water partition coefficient (Wildman–Crippen LogP) is 1.07. The predicted molar refractivity (Wildman–Crippen MR) is 44.1 cm³/mol. The fourth-order valence-corrected chi connectivity index (χ4v) is 0.851. The van der Waals surface area contributed by atoms with Gasteiger partial charge in [-0.2, -0.15) is 0 Å². The van der Waals surface area contributed by atoms with Crippen molar-refractivity contribution in [3.63, 3.8) is 0 Å². The van der Waals surface area contributed by atoms with Gasteiger partial charge in [-0.05, 0) is 13.3 Å². The van der Waals surface area contributed by atoms with E-state index in [0.717, 1.165) is 12.8 Å². The van der Waals surface area contributed by atoms with E-state index in [4.69, 9.17) is 10.5 Å². The Hall–Kier alpha value is -0.570. The molecule has 0 aromatic carbocycles. The Kier molecular flexibility index (Phi) is 5.84. The Balaban J connectivity index is 3.16. The molecule has 2 N–H and O–H groups in total. The van der Waals surface area contributed by atoms with E-state index in [1.165, 1.54) is 0 Å². The van der Waals surface area contributed by atoms with E-state index >= 15 is 0 Å². The van der Waals surface area contributed by atoms with Gasteiger partial charge in [0.25, 0.3) is 0 Å². The van der Waals surface area contributed by atoms with Crippen molar-refractivity contribution in [1.29, 1.82) is 0 Å². The summed E-state index contributed by atoms with van der Waals surface area (Å²) in [7, 11) is 0. The van der Waals surface area contributed by atoms with Crippen molar-refractivity contribution in [1.82, 2.24) is 0 Å². The second-order valence-electron chi connectivity index (χ2n) is 2.69. The fourth-order valence-electron chi connectivity index (χ4n) is 0.851. The molecule has 3 nitrogen and oxygen atoms in total. The molecule has 0 aliphatic rings. The molecule has 0 bridgehead atoms. The van der Waals surface area contributed by atoms with Crippen LogP contribution in [0.4, 0.5) is 0 Å². The number of hydrogen-bond donors (Lipinski definition) is 1. The monoisotopic (exact) mass is 159 g/mol. The number of primary amides is 1. The SMILES string of the molecule is CCCC(C)OCCC(N)=O. The zero-order valence-corrected chi connectivity index (χ0v) is 7.30. The highest BCUT2D eigenvalue weighted by molar-refractivity contribution is 5.73. The van der Waals surface area contributed by atoms with Crippen LogP contribution in [0.2, 0.25) is 0 Å². The first-order chi connectivity index (χ1) is 5.16. The number of amides is 1. The zero-order chi connectivity index (χ0) is 8.69. The maximum absolute atomic E-state index is 10.3. The maximum Gasteiger partial charge on any atom is 0.219 e. The van der Waals surface area contributed by atoms with E-state index in [9.17, 15) is 4.79 Å². The Morgan fingerprint density at radius 1 is 1.64 bits per heavy atom. The number of ether oxygens (including phenoxy) is 1. The van der Waals surface area contributed by atoms with E-state index < -0.39 is 0 Å². The van der Waals surface area contributed by atoms with Crippen LogP contribution >= 0.6 is 0 Å². The lowest BCUT2D eigenvalue weighted by atomic mass is 10.2. The Labute approximate surface area is 67.9 Å². The second kappa shape index (κ2) is 6.16. The highest BCUT2D eigenvalue weighted by atomic mass is 16.5. The number of rotatable bonds is 6. The van der Waals surface area contributed by atoms with Crippen LogP contribution < -0.4 is 5.73 Å². The van der Waals surface area contributed by atoms with Crippen molar-refractivity contribution in [2.75, 3.05) is 6.61 Å². The summed E-state index contributed by atoms with van der Waals surface area (Å²) in [5.41, 5.74) is 4.93. The molecule has 0 aromatic heterocycles. The summed E-state index contributed by atoms with van der Waals surface area (Å²) in [6.07, 6.45) is 2.73. The first-order valence-electron chi connectivity index (χ1n) is 4.06. The van der Waals surface area contributed by atoms with Gasteiger partial charge in [-0.1, -0.05) is 13.3 Å². The van der Waals surface area contributed by atoms with Gasteiger partial charge in [-0.25, -0.2) is 0 Å². The smallest absolute Gasteiger partial charge is 0.219 e. The molecular weight excluding hydrogens is 142 g/mol. The van der Waals surface area contributed by atoms with Crippen LogP contribution in [0.1, 0.15) is 33.1 Å². The number of carbonyl (C=O) groups is 1. The number of nitrogens with two attached hydrogens (primary N) is 1. The summed E-state index contributed by atoms with van der Waals surface area (Å²) < 4.78 is 5.29. The lowest BCUT2D eigenvalue weighted by Gasteiger charge is -2.10. The third-order valence-electron chi connectivity index (χ3n) is 1.45. The minimum atomic E-state index is -0.298. The van der Waals surface area contributed by atoms with Gasteiger partial charge < -0.3 is 10.5 Å². The molecule has 11 heavy (non-hydrogen) atoms. The van der Waals surface area contributed by atoms with Gasteiger partial charge in [0.1, 0.15) is 0 Å². The normalized spacial score (nSPS) is 12.9. The molecule has 0 heterocycles. The third-order valence-corrected chi connectivity index (χ3v) is 1.45. The molecule has 0 aromatic rings. The zero-order valence-electron chi connectivity index (χ0n) is 7.30. The lowest BCUT2D eigenvalue weighted by molar-refractivity contribution is -0.119. The molecule has 1 unspecified atom stereocenters. The molecule has 0 radical (unpaired) electrons. The second-order valence-corrected chi connectivity index (χ2v) is 2.69. The molecule has 1 atom stereocenters. The van der Waals surface area contributed by atoms with Gasteiger partial charge in [0.05, 0.1) is 12.7 Å². The third kappa shape index (κ3) is 7.33. The summed E-state index contributed by atoms with van der Waals surface area (Å²) in [6.45, 7) is 4.56. The molecule has 0 fully saturated rings. The maximum atomic E-state index is 10.3. The Bertz CT molecular complexity index is 115. The van der Waals surface area contributed by atoms with Crippen LogP contribution in [0, 0.1) is 0 Å². The van der Waals surface area contributed by atoms with Crippen molar-refractivity contribution >= 4 is 5.91 Å². The van der Waals surface area contributed by atoms with Gasteiger partial charge in [0.15, 0.2) is 0 Å². The Morgan fingerprint density at radius 3 is 2.73 bits per heavy atom. The van der Waals surface area contributed by atoms with E-state index in [2.05, 4.69) is 6.92 Å². The van der Waals surface area contributed by atoms with Crippen molar-refractivity contribution in [2.45, 2.75) is 39.2 Å². The first kappa shape index (κ1) is 10.4. The molecule has 0 spiro atoms. The molecule has 1 amide bonds. The summed E-state index contributed by atoms with van der Waals surface area (Å²) in [5.74, 6) is -0.298. The Morgan fingerprint density at radius 2 is 2.27 bits per heavy atom. The van der Waals surface area contributed by atoms with Crippen LogP contribution in [0.3, 0.4) is 0 Å². The van der Waals surface area contributed by atoms with Gasteiger partial charge >= 0.3 is 0 Å². The van der Waals surface area contributed by atoms with Crippen LogP contribution in [0.5, 0.6) is 0 Å². The molecule has 0 aliphatic heterocycles. The fraction of sp³-hybridized carbons (Fsp3) is 0.875. The molecular formula is C8H17NO2. The summed E-state index contributed by atoms with van der Waals surface area (Å²) in [5, 5.41) is 0. The highest BCUT2D eigenvalue weighted by Gasteiger charge is 2.00. The lowest BCUT2D eigenvalue weighted by Crippen LogP contribution is -2.16. The standard InChI is InChI=1S/C8H17NO2/c1-3-4-7(2)11-6-5-8(9)10/h7H,3-6H2,1-2H3,(H2,9,10). The van der Waals surface area contributed by atoms with Crippen LogP contribution in [-0.2, 0) is 9.53 Å². The number of carbonyl (C=O) groups excluding carboxylic acids is 1. The minimum Gasteiger partial charge on any atom is -0.378 e. The van der Waals surface area contributed by atoms with E-state index in [1.54, 1.807) is 0 Å². The quantitative estimate of drug-likeness (QED) is 0.630. The minimum absolute atomic E-state index is 0.249. The van der Waals surface area contributed by atoms with E-state index in [1.807, 2.05) is 6.92 Å². The van der Waals surface area contributed by atoms with Gasteiger partial charge in [-0.3, -0.25) is 4.79 Å². The molecule has 66 valence electrons. The molecule has 0 saturated heterocycles. The summed E-state index contributed by atoms with van der Waals surface area (Å²) in [4.78, 5) is 10.3. The van der Waals surface area contributed by atoms with Gasteiger partial charge in [0.2, 0.25) is 5.91 Å². The van der Waals surface area contributed by atoms with Gasteiger partial charge in [0, 0.05) is 6.42 Å². The van der Waals surface area contributed by atoms with Crippen molar-refractivity contribution < 1.29 is 9.53 Å². The average Bonchev–Trinajstić information content (AvgIpc) is 1.87. The average molecular weight is 159 g/mol. The summed E-state index contributed by atoms with van der Waals surface area (Å²) in [6, 6.07) is 0. The molecule has 0 aliphatic carbocycles. The largest absolute Gasteiger partial charge is 0.378 e. The van der Waals surface area contributed by atoms with Crippen LogP contribution in [0.15, 0.2) is 0 Å². The molecule has 0 rings (SSSR count). The van der Waals surface area contributed by atoms with Crippen LogP contribution in [-0.4, -0.2) is 18.6 Å². The van der Waals surface area contributed by atoms with Gasteiger partial charge in [-0.15, -0.1) is 0 Å². The molecule has 3 heteroatoms. The van der Waals surface area contributed by atoms with E-state index in [0.29, 0.717) is 13.0 Å².